The lowest BCUT2D eigenvalue weighted by atomic mass is 9.62. The summed E-state index contributed by atoms with van der Waals surface area (Å²) in [5.41, 5.74) is 3.02. The van der Waals surface area contributed by atoms with Gasteiger partial charge in [0.1, 0.15) is 11.2 Å². The molecule has 0 saturated carbocycles. The molecule has 1 aromatic heterocycles. The van der Waals surface area contributed by atoms with Gasteiger partial charge in [0.15, 0.2) is 5.78 Å². The fourth-order valence-corrected chi connectivity index (χ4v) is 4.85. The van der Waals surface area contributed by atoms with E-state index >= 15 is 0 Å². The topological polar surface area (TPSA) is 84.1 Å². The zero-order valence-corrected chi connectivity index (χ0v) is 15.8. The smallest absolute Gasteiger partial charge is 0.244 e. The van der Waals surface area contributed by atoms with Crippen LogP contribution < -0.4 is 10.1 Å². The SMILES string of the molecule is Cc1ccc2c(c1)C1(C(=O)N2)C2=C(CC(C)(C)CC2=O)Oc2n[nH]c(C)c21. The molecule has 1 aromatic carbocycles. The number of ketones is 1. The number of fused-ring (bicyclic) bond motifs is 5. The van der Waals surface area contributed by atoms with Crippen LogP contribution in [-0.4, -0.2) is 21.9 Å². The molecule has 0 fully saturated rings. The maximum atomic E-state index is 13.5. The summed E-state index contributed by atoms with van der Waals surface area (Å²) in [5.74, 6) is 0.718. The van der Waals surface area contributed by atoms with Gasteiger partial charge < -0.3 is 10.1 Å². The van der Waals surface area contributed by atoms with Crippen LogP contribution in [0.1, 0.15) is 49.1 Å². The first-order valence-corrected chi connectivity index (χ1v) is 9.17. The number of amides is 1. The first kappa shape index (κ1) is 16.3. The molecule has 2 aliphatic heterocycles. The molecule has 6 nitrogen and oxygen atoms in total. The number of allylic oxidation sites excluding steroid dienone is 1. The van der Waals surface area contributed by atoms with Gasteiger partial charge in [0.2, 0.25) is 11.8 Å². The van der Waals surface area contributed by atoms with E-state index < -0.39 is 5.41 Å². The van der Waals surface area contributed by atoms with Gasteiger partial charge in [-0.15, -0.1) is 5.10 Å². The molecule has 1 unspecified atom stereocenters. The van der Waals surface area contributed by atoms with Crippen molar-refractivity contribution in [2.75, 3.05) is 5.32 Å². The number of aryl methyl sites for hydroxylation is 2. The van der Waals surface area contributed by atoms with Crippen LogP contribution in [0.3, 0.4) is 0 Å². The lowest BCUT2D eigenvalue weighted by molar-refractivity contribution is -0.124. The van der Waals surface area contributed by atoms with Crippen molar-refractivity contribution in [3.8, 4) is 5.88 Å². The Morgan fingerprint density at radius 1 is 1.15 bits per heavy atom. The van der Waals surface area contributed by atoms with Gasteiger partial charge in [0.25, 0.3) is 0 Å². The molecule has 5 rings (SSSR count). The molecule has 0 radical (unpaired) electrons. The van der Waals surface area contributed by atoms with E-state index in [2.05, 4.69) is 15.5 Å². The third kappa shape index (κ3) is 1.93. The van der Waals surface area contributed by atoms with Crippen LogP contribution in [0, 0.1) is 19.3 Å². The molecule has 1 aliphatic carbocycles. The fraction of sp³-hybridized carbons (Fsp3) is 0.381. The summed E-state index contributed by atoms with van der Waals surface area (Å²) in [7, 11) is 0. The van der Waals surface area contributed by atoms with E-state index in [1.165, 1.54) is 0 Å². The lowest BCUT2D eigenvalue weighted by Crippen LogP contribution is -2.47. The van der Waals surface area contributed by atoms with Gasteiger partial charge in [-0.3, -0.25) is 14.7 Å². The minimum Gasteiger partial charge on any atom is -0.441 e. The summed E-state index contributed by atoms with van der Waals surface area (Å²) in [4.78, 5) is 26.8. The quantitative estimate of drug-likeness (QED) is 0.752. The van der Waals surface area contributed by atoms with Gasteiger partial charge in [-0.1, -0.05) is 31.5 Å². The number of aromatic amines is 1. The monoisotopic (exact) mass is 363 g/mol. The minimum atomic E-state index is -1.20. The van der Waals surface area contributed by atoms with Crippen molar-refractivity contribution in [2.24, 2.45) is 5.41 Å². The number of aromatic nitrogens is 2. The molecule has 0 saturated heterocycles. The van der Waals surface area contributed by atoms with Gasteiger partial charge in [0.05, 0.1) is 11.1 Å². The third-order valence-corrected chi connectivity index (χ3v) is 5.89. The number of Topliss-reactive ketones (excluding diaryl/α,β-unsaturated/α-hetero) is 1. The summed E-state index contributed by atoms with van der Waals surface area (Å²) in [5, 5.41) is 10.2. The van der Waals surface area contributed by atoms with Crippen molar-refractivity contribution in [1.82, 2.24) is 10.2 Å². The normalized spacial score (nSPS) is 25.0. The molecule has 27 heavy (non-hydrogen) atoms. The Morgan fingerprint density at radius 2 is 1.93 bits per heavy atom. The van der Waals surface area contributed by atoms with Gasteiger partial charge >= 0.3 is 0 Å². The molecule has 0 bridgehead atoms. The second-order valence-electron chi connectivity index (χ2n) is 8.62. The number of anilines is 1. The molecular formula is C21H21N3O3. The van der Waals surface area contributed by atoms with E-state index in [0.29, 0.717) is 35.6 Å². The van der Waals surface area contributed by atoms with Crippen LogP contribution in [0.25, 0.3) is 0 Å². The highest BCUT2D eigenvalue weighted by molar-refractivity contribution is 6.19. The summed E-state index contributed by atoms with van der Waals surface area (Å²) in [6.45, 7) is 7.94. The number of rotatable bonds is 0. The second kappa shape index (κ2) is 4.88. The molecule has 138 valence electrons. The van der Waals surface area contributed by atoms with Gasteiger partial charge in [-0.05, 0) is 25.3 Å². The van der Waals surface area contributed by atoms with E-state index in [9.17, 15) is 9.59 Å². The molecule has 3 aliphatic rings. The Hall–Kier alpha value is -2.89. The lowest BCUT2D eigenvalue weighted by Gasteiger charge is -2.41. The van der Waals surface area contributed by atoms with E-state index in [1.807, 2.05) is 45.9 Å². The van der Waals surface area contributed by atoms with Crippen molar-refractivity contribution >= 4 is 17.4 Å². The molecule has 1 spiro atoms. The maximum Gasteiger partial charge on any atom is 0.244 e. The number of H-pyrrole nitrogens is 1. The predicted molar refractivity (Wildman–Crippen MR) is 99.6 cm³/mol. The molecular weight excluding hydrogens is 342 g/mol. The van der Waals surface area contributed by atoms with E-state index in [4.69, 9.17) is 4.74 Å². The zero-order valence-electron chi connectivity index (χ0n) is 15.8. The highest BCUT2D eigenvalue weighted by Gasteiger charge is 2.61. The zero-order chi connectivity index (χ0) is 19.1. The molecule has 2 N–H and O–H groups in total. The number of carbonyl (C=O) groups is 2. The Labute approximate surface area is 157 Å². The Kier molecular flexibility index (Phi) is 2.95. The first-order chi connectivity index (χ1) is 12.7. The van der Waals surface area contributed by atoms with Crippen LogP contribution in [0.5, 0.6) is 5.88 Å². The van der Waals surface area contributed by atoms with Crippen molar-refractivity contribution in [3.63, 3.8) is 0 Å². The highest BCUT2D eigenvalue weighted by Crippen LogP contribution is 2.57. The van der Waals surface area contributed by atoms with Crippen LogP contribution >= 0.6 is 0 Å². The van der Waals surface area contributed by atoms with Crippen LogP contribution in [-0.2, 0) is 15.0 Å². The average molecular weight is 363 g/mol. The standard InChI is InChI=1S/C21H21N3O3/c1-10-5-6-13-12(7-10)21(19(26)22-13)16-11(2)23-24-18(16)27-15-9-20(3,4)8-14(25)17(15)21/h5-7H,8-9H2,1-4H3,(H,22,26)(H,23,24). The van der Waals surface area contributed by atoms with Gasteiger partial charge in [0, 0.05) is 29.8 Å². The molecule has 1 atom stereocenters. The van der Waals surface area contributed by atoms with Crippen molar-refractivity contribution in [3.05, 3.63) is 51.9 Å². The van der Waals surface area contributed by atoms with E-state index in [1.54, 1.807) is 0 Å². The third-order valence-electron chi connectivity index (χ3n) is 5.89. The first-order valence-electron chi connectivity index (χ1n) is 9.17. The average Bonchev–Trinajstić information content (AvgIpc) is 3.06. The number of benzene rings is 1. The molecule has 2 aromatic rings. The number of carbonyl (C=O) groups excluding carboxylic acids is 2. The van der Waals surface area contributed by atoms with E-state index in [-0.39, 0.29) is 17.1 Å². The van der Waals surface area contributed by atoms with Crippen LogP contribution in [0.15, 0.2) is 29.5 Å². The second-order valence-corrected chi connectivity index (χ2v) is 8.62. The summed E-state index contributed by atoms with van der Waals surface area (Å²) >= 11 is 0. The fourth-order valence-electron chi connectivity index (χ4n) is 4.85. The highest BCUT2D eigenvalue weighted by atomic mass is 16.5. The Morgan fingerprint density at radius 3 is 2.70 bits per heavy atom. The Bertz CT molecular complexity index is 1080. The predicted octanol–water partition coefficient (Wildman–Crippen LogP) is 3.30. The summed E-state index contributed by atoms with van der Waals surface area (Å²) in [6.07, 6.45) is 0.979. The van der Waals surface area contributed by atoms with Crippen molar-refractivity contribution in [2.45, 2.75) is 46.0 Å². The van der Waals surface area contributed by atoms with Crippen molar-refractivity contribution < 1.29 is 14.3 Å². The number of hydrogen-bond acceptors (Lipinski definition) is 4. The molecule has 6 heteroatoms. The number of ether oxygens (including phenoxy) is 1. The number of nitrogens with one attached hydrogen (secondary N) is 2. The Balaban J connectivity index is 1.91. The molecule has 1 amide bonds. The molecule has 3 heterocycles. The summed E-state index contributed by atoms with van der Waals surface area (Å²) < 4.78 is 6.08. The largest absolute Gasteiger partial charge is 0.441 e. The summed E-state index contributed by atoms with van der Waals surface area (Å²) in [6, 6.07) is 5.85. The maximum absolute atomic E-state index is 13.5. The van der Waals surface area contributed by atoms with Crippen LogP contribution in [0.4, 0.5) is 5.69 Å². The van der Waals surface area contributed by atoms with Gasteiger partial charge in [-0.25, -0.2) is 0 Å². The van der Waals surface area contributed by atoms with E-state index in [0.717, 1.165) is 22.5 Å². The van der Waals surface area contributed by atoms with Crippen molar-refractivity contribution in [1.29, 1.82) is 0 Å². The number of nitrogens with zero attached hydrogens (tertiary/aromatic N) is 1. The van der Waals surface area contributed by atoms with Gasteiger partial charge in [-0.2, -0.15) is 0 Å². The minimum absolute atomic E-state index is 0.0305. The van der Waals surface area contributed by atoms with Crippen LogP contribution in [0.2, 0.25) is 0 Å². The number of hydrogen-bond donors (Lipinski definition) is 2.